The molecule has 308 valence electrons. The fourth-order valence-corrected chi connectivity index (χ4v) is 7.64. The molecule has 0 unspecified atom stereocenters. The Balaban J connectivity index is 2.00. The Morgan fingerprint density at radius 1 is 0.907 bits per heavy atom. The van der Waals surface area contributed by atoms with E-state index in [1.54, 1.807) is 0 Å². The minimum Gasteiger partial charge on any atom is -0.458 e. The number of hydrogen-bond acceptors (Lipinski definition) is 10. The number of allylic oxidation sites excluding steroid dienone is 6. The lowest BCUT2D eigenvalue weighted by Crippen LogP contribution is -2.65. The minimum atomic E-state index is -1.07. The first-order valence-corrected chi connectivity index (χ1v) is 20.2. The van der Waals surface area contributed by atoms with Crippen molar-refractivity contribution in [3.05, 3.63) is 58.7 Å². The van der Waals surface area contributed by atoms with Gasteiger partial charge >= 0.3 is 5.97 Å². The number of carbonyl (C=O) groups is 1. The maximum absolute atomic E-state index is 13.2. The number of methoxy groups -OCH3 is 1. The largest absolute Gasteiger partial charge is 0.458 e. The maximum atomic E-state index is 13.2. The second kappa shape index (κ2) is 21.4. The predicted molar refractivity (Wildman–Crippen MR) is 214 cm³/mol. The van der Waals surface area contributed by atoms with E-state index >= 15 is 0 Å². The second-order valence-electron chi connectivity index (χ2n) is 16.4. The number of aliphatic hydroxyl groups is 2. The number of aliphatic hydroxyl groups excluding tert-OH is 2. The molecule has 0 aromatic rings. The first-order chi connectivity index (χ1) is 25.4. The normalized spacial score (nSPS) is 42.7. The average Bonchev–Trinajstić information content (AvgIpc) is 3.11. The highest BCUT2D eigenvalue weighted by Crippen LogP contribution is 2.36. The van der Waals surface area contributed by atoms with Gasteiger partial charge in [0, 0.05) is 30.9 Å². The van der Waals surface area contributed by atoms with Crippen molar-refractivity contribution in [1.82, 2.24) is 4.90 Å². The van der Waals surface area contributed by atoms with Crippen LogP contribution in [0.4, 0.5) is 0 Å². The Morgan fingerprint density at radius 2 is 1.57 bits per heavy atom. The molecule has 10 heteroatoms. The summed E-state index contributed by atoms with van der Waals surface area (Å²) in [5.74, 6) is -0.00579. The molecular weight excluding hydrogens is 686 g/mol. The van der Waals surface area contributed by atoms with E-state index in [1.807, 2.05) is 58.8 Å². The van der Waals surface area contributed by atoms with Gasteiger partial charge < -0.3 is 43.5 Å². The van der Waals surface area contributed by atoms with Crippen molar-refractivity contribution in [2.24, 2.45) is 23.7 Å². The van der Waals surface area contributed by atoms with Gasteiger partial charge in [-0.25, -0.2) is 4.79 Å². The highest BCUT2D eigenvalue weighted by Gasteiger charge is 2.51. The van der Waals surface area contributed by atoms with Crippen LogP contribution < -0.4 is 0 Å². The summed E-state index contributed by atoms with van der Waals surface area (Å²) in [6.45, 7) is 22.6. The van der Waals surface area contributed by atoms with E-state index in [2.05, 4.69) is 72.8 Å². The van der Waals surface area contributed by atoms with Gasteiger partial charge in [-0.15, -0.1) is 0 Å². The van der Waals surface area contributed by atoms with Crippen LogP contribution in [-0.4, -0.2) is 110 Å². The van der Waals surface area contributed by atoms with Crippen LogP contribution in [0.25, 0.3) is 0 Å². The first kappa shape index (κ1) is 46.2. The zero-order valence-corrected chi connectivity index (χ0v) is 35.7. The van der Waals surface area contributed by atoms with Crippen molar-refractivity contribution in [2.45, 2.75) is 169 Å². The molecule has 2 saturated heterocycles. The number of ether oxygens (including phenoxy) is 6. The van der Waals surface area contributed by atoms with Crippen LogP contribution in [0.3, 0.4) is 0 Å². The van der Waals surface area contributed by atoms with Crippen molar-refractivity contribution in [3.8, 4) is 0 Å². The molecule has 3 rings (SSSR count). The van der Waals surface area contributed by atoms with Crippen molar-refractivity contribution >= 4 is 5.97 Å². The molecule has 0 aliphatic carbocycles. The standard InChI is InChI=1S/C44H73NO9/c1-15-33-20-18-17-19-27(6)28(7)24-34(16-2)39(29(8)23-26(5)21-22-35(25(3)4)52-42(33)48)53-43-38(47)36(45(12)13)40(32(11)51-43)54-44-41(49-14)37(46)30(9)31(10)50-44/h17-18,20-21,23-25,27,30-32,34-41,43-44,46-47H,15-16,19,22H2,1-14H3/b18-17+,26-21+,28-24+,29-23+,33-20+/t27-,30+,31+,32+,34-,35-,36+,37-,38+,39-,40+,41+,43-,44-/m0/s1. The van der Waals surface area contributed by atoms with Crippen LogP contribution in [0.5, 0.6) is 0 Å². The van der Waals surface area contributed by atoms with Crippen LogP contribution in [0.1, 0.15) is 102 Å². The molecule has 0 aromatic heterocycles. The lowest BCUT2D eigenvalue weighted by Gasteiger charge is -2.50. The van der Waals surface area contributed by atoms with Crippen molar-refractivity contribution in [1.29, 1.82) is 0 Å². The van der Waals surface area contributed by atoms with Gasteiger partial charge in [0.1, 0.15) is 24.4 Å². The number of esters is 1. The number of nitrogens with zero attached hydrogens (tertiary/aromatic N) is 1. The molecule has 3 aliphatic heterocycles. The SMILES string of the molecule is CC/C1=C\C=C\C[C@H](C)/C(C)=C/[C@H](CC)[C@@H](O[C@@H]2O[C@H](C)[C@@H](O[C@@H]3O[C@H](C)[C@@H](C)[C@H](O)[C@H]3OC)[C@H](N(C)C)[C@H]2O)/C(C)=C/C(C)=C/C[C@@H](C(C)C)OC1=O. The molecule has 3 aliphatic rings. The summed E-state index contributed by atoms with van der Waals surface area (Å²) < 4.78 is 37.9. The topological polar surface area (TPSA) is 116 Å². The molecule has 0 radical (unpaired) electrons. The molecule has 2 fully saturated rings. The van der Waals surface area contributed by atoms with E-state index < -0.39 is 55.2 Å². The summed E-state index contributed by atoms with van der Waals surface area (Å²) in [7, 11) is 5.35. The van der Waals surface area contributed by atoms with Crippen molar-refractivity contribution in [2.75, 3.05) is 21.2 Å². The Morgan fingerprint density at radius 3 is 2.17 bits per heavy atom. The summed E-state index contributed by atoms with van der Waals surface area (Å²) in [6, 6.07) is -0.515. The fourth-order valence-electron chi connectivity index (χ4n) is 7.64. The van der Waals surface area contributed by atoms with Crippen molar-refractivity contribution in [3.63, 3.8) is 0 Å². The Hall–Kier alpha value is -2.15. The Labute approximate surface area is 326 Å². The highest BCUT2D eigenvalue weighted by atomic mass is 16.7. The lowest BCUT2D eigenvalue weighted by atomic mass is 9.87. The van der Waals surface area contributed by atoms with Crippen LogP contribution in [-0.2, 0) is 33.2 Å². The van der Waals surface area contributed by atoms with E-state index in [4.69, 9.17) is 28.4 Å². The molecule has 0 amide bonds. The van der Waals surface area contributed by atoms with Gasteiger partial charge in [0.2, 0.25) is 0 Å². The summed E-state index contributed by atoms with van der Waals surface area (Å²) >= 11 is 0. The van der Waals surface area contributed by atoms with Crippen LogP contribution >= 0.6 is 0 Å². The molecule has 54 heavy (non-hydrogen) atoms. The third kappa shape index (κ3) is 11.9. The number of hydrogen-bond donors (Lipinski definition) is 2. The first-order valence-electron chi connectivity index (χ1n) is 20.2. The van der Waals surface area contributed by atoms with Gasteiger partial charge in [-0.05, 0) is 85.4 Å². The van der Waals surface area contributed by atoms with Gasteiger partial charge in [0.05, 0.1) is 30.5 Å². The Kier molecular flexibility index (Phi) is 18.3. The quantitative estimate of drug-likeness (QED) is 0.183. The van der Waals surface area contributed by atoms with Crippen LogP contribution in [0.15, 0.2) is 58.7 Å². The number of carbonyl (C=O) groups excluding carboxylic acids is 1. The second-order valence-corrected chi connectivity index (χ2v) is 16.4. The number of rotatable bonds is 9. The van der Waals surface area contributed by atoms with E-state index in [0.29, 0.717) is 18.4 Å². The molecule has 10 nitrogen and oxygen atoms in total. The Bertz CT molecular complexity index is 1350. The van der Waals surface area contributed by atoms with Gasteiger partial charge in [-0.1, -0.05) is 89.1 Å². The summed E-state index contributed by atoms with van der Waals surface area (Å²) in [5.41, 5.74) is 3.94. The zero-order valence-electron chi connectivity index (χ0n) is 35.7. The van der Waals surface area contributed by atoms with Gasteiger partial charge in [0.15, 0.2) is 12.6 Å². The molecule has 0 aromatic carbocycles. The maximum Gasteiger partial charge on any atom is 0.334 e. The molecule has 3 heterocycles. The third-order valence-corrected chi connectivity index (χ3v) is 11.7. The molecule has 2 N–H and O–H groups in total. The molecular formula is C44H73NO9. The minimum absolute atomic E-state index is 0.00345. The van der Waals surface area contributed by atoms with E-state index in [9.17, 15) is 15.0 Å². The zero-order chi connectivity index (χ0) is 40.4. The van der Waals surface area contributed by atoms with Gasteiger partial charge in [-0.3, -0.25) is 0 Å². The van der Waals surface area contributed by atoms with Gasteiger partial charge in [-0.2, -0.15) is 0 Å². The van der Waals surface area contributed by atoms with Crippen molar-refractivity contribution < 1.29 is 43.4 Å². The predicted octanol–water partition coefficient (Wildman–Crippen LogP) is 7.30. The average molecular weight is 760 g/mol. The lowest BCUT2D eigenvalue weighted by molar-refractivity contribution is -0.345. The highest BCUT2D eigenvalue weighted by molar-refractivity contribution is 5.88. The third-order valence-electron chi connectivity index (χ3n) is 11.7. The van der Waals surface area contributed by atoms with Crippen LogP contribution in [0, 0.1) is 23.7 Å². The van der Waals surface area contributed by atoms with E-state index in [-0.39, 0.29) is 41.8 Å². The molecule has 0 bridgehead atoms. The smallest absolute Gasteiger partial charge is 0.334 e. The monoisotopic (exact) mass is 760 g/mol. The van der Waals surface area contributed by atoms with Gasteiger partial charge in [0.25, 0.3) is 0 Å². The van der Waals surface area contributed by atoms with Crippen LogP contribution in [0.2, 0.25) is 0 Å². The van der Waals surface area contributed by atoms with E-state index in [1.165, 1.54) is 12.7 Å². The molecule has 0 spiro atoms. The number of cyclic esters (lactones) is 1. The summed E-state index contributed by atoms with van der Waals surface area (Å²) in [6.07, 6.45) is 8.98. The molecule has 14 atom stereocenters. The summed E-state index contributed by atoms with van der Waals surface area (Å²) in [4.78, 5) is 15.1. The fraction of sp³-hybridized carbons (Fsp3) is 0.750. The summed E-state index contributed by atoms with van der Waals surface area (Å²) in [5, 5.41) is 23.0. The van der Waals surface area contributed by atoms with E-state index in [0.717, 1.165) is 24.0 Å². The molecule has 0 saturated carbocycles. The number of likely N-dealkylation sites (N-methyl/N-ethyl adjacent to an activating group) is 1.